The molecule has 1 saturated heterocycles. The summed E-state index contributed by atoms with van der Waals surface area (Å²) in [5.74, 6) is 0.652. The van der Waals surface area contributed by atoms with Gasteiger partial charge in [-0.3, -0.25) is 4.90 Å². The molecule has 0 amide bonds. The molecular formula is C12H26N2O2S. The average molecular weight is 262 g/mol. The van der Waals surface area contributed by atoms with Crippen molar-refractivity contribution in [2.75, 3.05) is 31.1 Å². The third-order valence-electron chi connectivity index (χ3n) is 3.51. The molecule has 2 unspecified atom stereocenters. The fourth-order valence-corrected chi connectivity index (χ4v) is 4.11. The van der Waals surface area contributed by atoms with E-state index in [1.807, 2.05) is 6.92 Å². The largest absolute Gasteiger partial charge is 0.317 e. The zero-order valence-corrected chi connectivity index (χ0v) is 12.1. The first-order chi connectivity index (χ1) is 7.96. The highest BCUT2D eigenvalue weighted by Gasteiger charge is 2.30. The van der Waals surface area contributed by atoms with Crippen LogP contribution in [0.4, 0.5) is 0 Å². The van der Waals surface area contributed by atoms with E-state index in [4.69, 9.17) is 0 Å². The third-order valence-corrected chi connectivity index (χ3v) is 5.31. The van der Waals surface area contributed by atoms with Crippen molar-refractivity contribution in [1.29, 1.82) is 0 Å². The van der Waals surface area contributed by atoms with Crippen LogP contribution in [0.2, 0.25) is 0 Å². The van der Waals surface area contributed by atoms with Gasteiger partial charge in [-0.2, -0.15) is 0 Å². The molecular weight excluding hydrogens is 236 g/mol. The normalized spacial score (nSPS) is 26.9. The number of hydrogen-bond donors (Lipinski definition) is 1. The molecule has 1 aliphatic heterocycles. The van der Waals surface area contributed by atoms with Crippen molar-refractivity contribution in [3.05, 3.63) is 0 Å². The first-order valence-electron chi connectivity index (χ1n) is 6.63. The highest BCUT2D eigenvalue weighted by atomic mass is 32.2. The number of hydrogen-bond acceptors (Lipinski definition) is 4. The van der Waals surface area contributed by atoms with Gasteiger partial charge >= 0.3 is 0 Å². The molecule has 0 saturated carbocycles. The molecule has 17 heavy (non-hydrogen) atoms. The molecule has 0 bridgehead atoms. The van der Waals surface area contributed by atoms with Gasteiger partial charge in [-0.15, -0.1) is 0 Å². The Labute approximate surface area is 106 Å². The average Bonchev–Trinajstić information content (AvgIpc) is 2.23. The van der Waals surface area contributed by atoms with E-state index in [0.717, 1.165) is 25.9 Å². The van der Waals surface area contributed by atoms with Gasteiger partial charge in [0, 0.05) is 18.6 Å². The van der Waals surface area contributed by atoms with Crippen LogP contribution in [-0.2, 0) is 9.84 Å². The van der Waals surface area contributed by atoms with Crippen molar-refractivity contribution < 1.29 is 8.42 Å². The van der Waals surface area contributed by atoms with Crippen molar-refractivity contribution in [2.24, 2.45) is 0 Å². The molecule has 1 aliphatic rings. The maximum Gasteiger partial charge on any atom is 0.153 e. The summed E-state index contributed by atoms with van der Waals surface area (Å²) in [7, 11) is -2.78. The summed E-state index contributed by atoms with van der Waals surface area (Å²) in [5.41, 5.74) is 0. The predicted octanol–water partition coefficient (Wildman–Crippen LogP) is 0.884. The molecule has 1 heterocycles. The van der Waals surface area contributed by atoms with Gasteiger partial charge in [0.05, 0.1) is 11.5 Å². The molecule has 0 aliphatic carbocycles. The lowest BCUT2D eigenvalue weighted by atomic mass is 10.1. The molecule has 0 aromatic heterocycles. The summed E-state index contributed by atoms with van der Waals surface area (Å²) in [4.78, 5) is 2.34. The molecule has 0 aromatic carbocycles. The third kappa shape index (κ3) is 4.94. The second-order valence-corrected chi connectivity index (χ2v) is 7.27. The Kier molecular flexibility index (Phi) is 5.89. The Hall–Kier alpha value is -0.130. The molecule has 102 valence electrons. The second-order valence-electron chi connectivity index (χ2n) is 5.05. The number of sulfone groups is 1. The van der Waals surface area contributed by atoms with Gasteiger partial charge in [-0.25, -0.2) is 8.42 Å². The quantitative estimate of drug-likeness (QED) is 0.722. The van der Waals surface area contributed by atoms with E-state index < -0.39 is 9.84 Å². The van der Waals surface area contributed by atoms with Crippen LogP contribution in [0.5, 0.6) is 0 Å². The fourth-order valence-electron chi connectivity index (χ4n) is 2.53. The van der Waals surface area contributed by atoms with Crippen LogP contribution in [0.1, 0.15) is 33.6 Å². The summed E-state index contributed by atoms with van der Waals surface area (Å²) in [6.45, 7) is 9.12. The SMILES string of the molecule is CCNCCCC(C)N1CCS(=O)(=O)CC1C. The molecule has 4 nitrogen and oxygen atoms in total. The highest BCUT2D eigenvalue weighted by molar-refractivity contribution is 7.91. The number of rotatable bonds is 6. The zero-order chi connectivity index (χ0) is 12.9. The highest BCUT2D eigenvalue weighted by Crippen LogP contribution is 2.17. The minimum Gasteiger partial charge on any atom is -0.317 e. The Balaban J connectivity index is 2.34. The molecule has 0 radical (unpaired) electrons. The predicted molar refractivity (Wildman–Crippen MR) is 72.1 cm³/mol. The van der Waals surface area contributed by atoms with E-state index in [9.17, 15) is 8.42 Å². The summed E-state index contributed by atoms with van der Waals surface area (Å²) < 4.78 is 23.0. The van der Waals surface area contributed by atoms with Gasteiger partial charge in [-0.1, -0.05) is 6.92 Å². The van der Waals surface area contributed by atoms with Crippen LogP contribution >= 0.6 is 0 Å². The van der Waals surface area contributed by atoms with E-state index in [1.165, 1.54) is 0 Å². The van der Waals surface area contributed by atoms with Gasteiger partial charge < -0.3 is 5.32 Å². The molecule has 2 atom stereocenters. The van der Waals surface area contributed by atoms with Crippen molar-refractivity contribution >= 4 is 9.84 Å². The van der Waals surface area contributed by atoms with Crippen LogP contribution in [0.25, 0.3) is 0 Å². The van der Waals surface area contributed by atoms with E-state index in [2.05, 4.69) is 24.1 Å². The first kappa shape index (κ1) is 14.9. The van der Waals surface area contributed by atoms with E-state index in [0.29, 0.717) is 24.1 Å². The van der Waals surface area contributed by atoms with Gasteiger partial charge in [-0.05, 0) is 39.8 Å². The maximum atomic E-state index is 11.5. The van der Waals surface area contributed by atoms with Crippen LogP contribution in [0, 0.1) is 0 Å². The Morgan fingerprint density at radius 3 is 2.76 bits per heavy atom. The minimum atomic E-state index is -2.78. The molecule has 1 fully saturated rings. The van der Waals surface area contributed by atoms with Crippen LogP contribution in [-0.4, -0.2) is 56.5 Å². The molecule has 5 heteroatoms. The Morgan fingerprint density at radius 1 is 1.47 bits per heavy atom. The van der Waals surface area contributed by atoms with Gasteiger partial charge in [0.2, 0.25) is 0 Å². The topological polar surface area (TPSA) is 49.4 Å². The second kappa shape index (κ2) is 6.71. The standard InChI is InChI=1S/C12H26N2O2S/c1-4-13-7-5-6-11(2)14-8-9-17(15,16)10-12(14)3/h11-13H,4-10H2,1-3H3. The zero-order valence-electron chi connectivity index (χ0n) is 11.3. The summed E-state index contributed by atoms with van der Waals surface area (Å²) in [6, 6.07) is 0.655. The minimum absolute atomic E-state index is 0.169. The van der Waals surface area contributed by atoms with E-state index in [1.54, 1.807) is 0 Å². The Bertz CT molecular complexity index is 316. The van der Waals surface area contributed by atoms with E-state index in [-0.39, 0.29) is 6.04 Å². The van der Waals surface area contributed by atoms with Crippen LogP contribution in [0.15, 0.2) is 0 Å². The van der Waals surface area contributed by atoms with Crippen molar-refractivity contribution in [1.82, 2.24) is 10.2 Å². The summed E-state index contributed by atoms with van der Waals surface area (Å²) in [6.07, 6.45) is 2.29. The smallest absolute Gasteiger partial charge is 0.153 e. The lowest BCUT2D eigenvalue weighted by Crippen LogP contribution is -2.50. The van der Waals surface area contributed by atoms with Crippen LogP contribution < -0.4 is 5.32 Å². The molecule has 0 aromatic rings. The summed E-state index contributed by atoms with van der Waals surface area (Å²) >= 11 is 0. The first-order valence-corrected chi connectivity index (χ1v) is 8.45. The van der Waals surface area contributed by atoms with E-state index >= 15 is 0 Å². The van der Waals surface area contributed by atoms with Crippen molar-refractivity contribution in [3.8, 4) is 0 Å². The summed E-state index contributed by atoms with van der Waals surface area (Å²) in [5, 5.41) is 3.32. The fraction of sp³-hybridized carbons (Fsp3) is 1.00. The van der Waals surface area contributed by atoms with Gasteiger partial charge in [0.15, 0.2) is 9.84 Å². The van der Waals surface area contributed by atoms with Crippen molar-refractivity contribution in [2.45, 2.75) is 45.7 Å². The number of nitrogens with one attached hydrogen (secondary N) is 1. The maximum absolute atomic E-state index is 11.5. The molecule has 1 rings (SSSR count). The lowest BCUT2D eigenvalue weighted by molar-refractivity contribution is 0.159. The van der Waals surface area contributed by atoms with Gasteiger partial charge in [0.25, 0.3) is 0 Å². The van der Waals surface area contributed by atoms with Crippen molar-refractivity contribution in [3.63, 3.8) is 0 Å². The molecule has 0 spiro atoms. The lowest BCUT2D eigenvalue weighted by Gasteiger charge is -2.37. The Morgan fingerprint density at radius 2 is 2.18 bits per heavy atom. The van der Waals surface area contributed by atoms with Crippen LogP contribution in [0.3, 0.4) is 0 Å². The molecule has 1 N–H and O–H groups in total. The monoisotopic (exact) mass is 262 g/mol. The van der Waals surface area contributed by atoms with Gasteiger partial charge in [0.1, 0.15) is 0 Å². The number of nitrogens with zero attached hydrogens (tertiary/aromatic N) is 1.